The Morgan fingerprint density at radius 1 is 0.929 bits per heavy atom. The predicted octanol–water partition coefficient (Wildman–Crippen LogP) is 2.37. The summed E-state index contributed by atoms with van der Waals surface area (Å²) in [6, 6.07) is 0.797. The monoisotopic (exact) mass is 195 g/mol. The van der Waals surface area contributed by atoms with Gasteiger partial charge in [-0.3, -0.25) is 9.69 Å². The third-order valence-corrected chi connectivity index (χ3v) is 3.70. The molecule has 80 valence electrons. The van der Waals surface area contributed by atoms with Gasteiger partial charge in [-0.05, 0) is 12.8 Å². The Morgan fingerprint density at radius 3 is 2.07 bits per heavy atom. The van der Waals surface area contributed by atoms with Gasteiger partial charge in [-0.15, -0.1) is 0 Å². The molecule has 0 bridgehead atoms. The molecular weight excluding hydrogens is 174 g/mol. The van der Waals surface area contributed by atoms with Gasteiger partial charge in [0.05, 0.1) is 0 Å². The molecule has 1 aliphatic heterocycles. The average molecular weight is 195 g/mol. The molecule has 0 radical (unpaired) electrons. The zero-order chi connectivity index (χ0) is 9.80. The Morgan fingerprint density at radius 2 is 1.50 bits per heavy atom. The van der Waals surface area contributed by atoms with Gasteiger partial charge in [-0.2, -0.15) is 0 Å². The summed E-state index contributed by atoms with van der Waals surface area (Å²) < 4.78 is 0. The van der Waals surface area contributed by atoms with Crippen LogP contribution in [0.5, 0.6) is 0 Å². The van der Waals surface area contributed by atoms with Crippen LogP contribution in [0.25, 0.3) is 0 Å². The quantitative estimate of drug-likeness (QED) is 0.599. The first-order chi connectivity index (χ1) is 6.86. The summed E-state index contributed by atoms with van der Waals surface area (Å²) in [6.45, 7) is 2.06. The lowest BCUT2D eigenvalue weighted by Crippen LogP contribution is -2.41. The molecule has 2 heteroatoms. The molecule has 0 unspecified atom stereocenters. The Labute approximate surface area is 86.7 Å². The summed E-state index contributed by atoms with van der Waals surface area (Å²) in [4.78, 5) is 13.7. The van der Waals surface area contributed by atoms with Crippen LogP contribution in [0.4, 0.5) is 0 Å². The minimum Gasteiger partial charge on any atom is -0.300 e. The van der Waals surface area contributed by atoms with Crippen molar-refractivity contribution in [2.45, 2.75) is 57.4 Å². The van der Waals surface area contributed by atoms with Crippen molar-refractivity contribution in [3.05, 3.63) is 0 Å². The van der Waals surface area contributed by atoms with Gasteiger partial charge < -0.3 is 0 Å². The van der Waals surface area contributed by atoms with Crippen molar-refractivity contribution >= 4 is 5.78 Å². The van der Waals surface area contributed by atoms with Crippen LogP contribution in [0.3, 0.4) is 0 Å². The minimum atomic E-state index is 0.467. The van der Waals surface area contributed by atoms with Gasteiger partial charge in [0.25, 0.3) is 0 Å². The number of rotatable bonds is 1. The Kier molecular flexibility index (Phi) is 3.57. The lowest BCUT2D eigenvalue weighted by molar-refractivity contribution is -0.122. The van der Waals surface area contributed by atoms with Crippen LogP contribution in [0.1, 0.15) is 51.4 Å². The van der Waals surface area contributed by atoms with Gasteiger partial charge in [-0.1, -0.05) is 25.7 Å². The second-order valence-electron chi connectivity index (χ2n) is 4.72. The zero-order valence-corrected chi connectivity index (χ0v) is 9.00. The van der Waals surface area contributed by atoms with Gasteiger partial charge in [-0.25, -0.2) is 0 Å². The predicted molar refractivity (Wildman–Crippen MR) is 57.3 cm³/mol. The number of piperidine rings is 1. The Bertz CT molecular complexity index is 184. The van der Waals surface area contributed by atoms with Crippen LogP contribution < -0.4 is 0 Å². The normalized spacial score (nSPS) is 27.6. The molecule has 0 aromatic carbocycles. The number of Topliss-reactive ketones (excluding diaryl/α,β-unsaturated/α-hetero) is 1. The molecule has 1 heterocycles. The van der Waals surface area contributed by atoms with Crippen molar-refractivity contribution < 1.29 is 4.79 Å². The minimum absolute atomic E-state index is 0.467. The van der Waals surface area contributed by atoms with Gasteiger partial charge in [0.1, 0.15) is 5.78 Å². The molecule has 2 aliphatic rings. The van der Waals surface area contributed by atoms with Crippen molar-refractivity contribution in [3.63, 3.8) is 0 Å². The molecule has 1 saturated carbocycles. The fourth-order valence-electron chi connectivity index (χ4n) is 2.76. The Balaban J connectivity index is 1.83. The first-order valence-corrected chi connectivity index (χ1v) is 6.12. The third-order valence-electron chi connectivity index (χ3n) is 3.70. The first-order valence-electron chi connectivity index (χ1n) is 6.12. The molecular formula is C12H21NO. The third kappa shape index (κ3) is 2.57. The number of carbonyl (C=O) groups excluding carboxylic acids is 1. The Hall–Kier alpha value is -0.370. The summed E-state index contributed by atoms with van der Waals surface area (Å²) in [6.07, 6.45) is 9.98. The van der Waals surface area contributed by atoms with Crippen LogP contribution in [-0.2, 0) is 4.79 Å². The summed E-state index contributed by atoms with van der Waals surface area (Å²) >= 11 is 0. The summed E-state index contributed by atoms with van der Waals surface area (Å²) in [5.74, 6) is 0.467. The highest BCUT2D eigenvalue weighted by Gasteiger charge is 2.23. The van der Waals surface area contributed by atoms with Crippen LogP contribution in [-0.4, -0.2) is 29.8 Å². The van der Waals surface area contributed by atoms with Gasteiger partial charge in [0, 0.05) is 32.0 Å². The number of hydrogen-bond acceptors (Lipinski definition) is 2. The van der Waals surface area contributed by atoms with Crippen molar-refractivity contribution in [2.75, 3.05) is 13.1 Å². The molecule has 14 heavy (non-hydrogen) atoms. The lowest BCUT2D eigenvalue weighted by atomic mass is 10.0. The van der Waals surface area contributed by atoms with Crippen LogP contribution in [0.2, 0.25) is 0 Å². The van der Waals surface area contributed by atoms with Crippen molar-refractivity contribution in [1.29, 1.82) is 0 Å². The number of carbonyl (C=O) groups is 1. The second kappa shape index (κ2) is 4.92. The number of ketones is 1. The highest BCUT2D eigenvalue weighted by atomic mass is 16.1. The molecule has 0 amide bonds. The van der Waals surface area contributed by atoms with E-state index in [2.05, 4.69) is 4.90 Å². The van der Waals surface area contributed by atoms with E-state index in [-0.39, 0.29) is 0 Å². The summed E-state index contributed by atoms with van der Waals surface area (Å²) in [7, 11) is 0. The van der Waals surface area contributed by atoms with Gasteiger partial charge >= 0.3 is 0 Å². The molecule has 2 fully saturated rings. The van der Waals surface area contributed by atoms with E-state index in [1.54, 1.807) is 0 Å². The number of nitrogens with zero attached hydrogens (tertiary/aromatic N) is 1. The fourth-order valence-corrected chi connectivity index (χ4v) is 2.76. The highest BCUT2D eigenvalue weighted by Crippen LogP contribution is 2.23. The highest BCUT2D eigenvalue weighted by molar-refractivity contribution is 5.79. The molecule has 0 atom stereocenters. The molecule has 0 N–H and O–H groups in total. The first kappa shape index (κ1) is 10.2. The average Bonchev–Trinajstić information content (AvgIpc) is 2.47. The maximum absolute atomic E-state index is 11.1. The van der Waals surface area contributed by atoms with E-state index in [0.29, 0.717) is 5.78 Å². The standard InChI is InChI=1S/C12H21NO/c14-12-7-9-13(10-8-12)11-5-3-1-2-4-6-11/h11H,1-10H2. The van der Waals surface area contributed by atoms with Crippen molar-refractivity contribution in [3.8, 4) is 0 Å². The summed E-state index contributed by atoms with van der Waals surface area (Å²) in [5.41, 5.74) is 0. The van der Waals surface area contributed by atoms with E-state index >= 15 is 0 Å². The van der Waals surface area contributed by atoms with E-state index < -0.39 is 0 Å². The molecule has 1 aliphatic carbocycles. The number of likely N-dealkylation sites (tertiary alicyclic amines) is 1. The van der Waals surface area contributed by atoms with E-state index in [1.807, 2.05) is 0 Å². The van der Waals surface area contributed by atoms with E-state index in [4.69, 9.17) is 0 Å². The van der Waals surface area contributed by atoms with E-state index in [9.17, 15) is 4.79 Å². The van der Waals surface area contributed by atoms with Gasteiger partial charge in [0.15, 0.2) is 0 Å². The zero-order valence-electron chi connectivity index (χ0n) is 9.00. The topological polar surface area (TPSA) is 20.3 Å². The van der Waals surface area contributed by atoms with Crippen LogP contribution in [0.15, 0.2) is 0 Å². The van der Waals surface area contributed by atoms with Crippen molar-refractivity contribution in [1.82, 2.24) is 4.90 Å². The number of hydrogen-bond donors (Lipinski definition) is 0. The maximum Gasteiger partial charge on any atom is 0.135 e. The second-order valence-corrected chi connectivity index (χ2v) is 4.72. The maximum atomic E-state index is 11.1. The SMILES string of the molecule is O=C1CCN(C2CCCCCC2)CC1. The smallest absolute Gasteiger partial charge is 0.135 e. The molecule has 0 aromatic heterocycles. The summed E-state index contributed by atoms with van der Waals surface area (Å²) in [5, 5.41) is 0. The van der Waals surface area contributed by atoms with Crippen LogP contribution in [0, 0.1) is 0 Å². The largest absolute Gasteiger partial charge is 0.300 e. The van der Waals surface area contributed by atoms with E-state index in [1.165, 1.54) is 38.5 Å². The molecule has 2 nitrogen and oxygen atoms in total. The molecule has 1 saturated heterocycles. The van der Waals surface area contributed by atoms with Crippen LogP contribution >= 0.6 is 0 Å². The molecule has 0 spiro atoms. The molecule has 2 rings (SSSR count). The lowest BCUT2D eigenvalue weighted by Gasteiger charge is -2.33. The van der Waals surface area contributed by atoms with E-state index in [0.717, 1.165) is 32.0 Å². The fraction of sp³-hybridized carbons (Fsp3) is 0.917. The van der Waals surface area contributed by atoms with Crippen molar-refractivity contribution in [2.24, 2.45) is 0 Å². The van der Waals surface area contributed by atoms with Gasteiger partial charge in [0.2, 0.25) is 0 Å². The molecule has 0 aromatic rings.